The van der Waals surface area contributed by atoms with Crippen molar-refractivity contribution in [1.82, 2.24) is 20.1 Å². The van der Waals surface area contributed by atoms with Crippen LogP contribution in [0.5, 0.6) is 0 Å². The number of carbonyl (C=O) groups is 2. The number of thioether (sulfide) groups is 1. The van der Waals surface area contributed by atoms with Gasteiger partial charge in [0, 0.05) is 37.7 Å². The molecule has 8 heteroatoms. The smallest absolute Gasteiger partial charge is 0.272 e. The lowest BCUT2D eigenvalue weighted by atomic mass is 9.95. The minimum Gasteiger partial charge on any atom is -0.337 e. The summed E-state index contributed by atoms with van der Waals surface area (Å²) in [6.07, 6.45) is 5.56. The quantitative estimate of drug-likeness (QED) is 0.745. The summed E-state index contributed by atoms with van der Waals surface area (Å²) in [7, 11) is 0. The molecule has 1 N–H and O–H groups in total. The lowest BCUT2D eigenvalue weighted by molar-refractivity contribution is -0.134. The Hall–Kier alpha value is -2.45. The van der Waals surface area contributed by atoms with Gasteiger partial charge in [-0.1, -0.05) is 24.3 Å². The molecular weight excluding hydrogens is 415 g/mol. The number of nitrogens with zero attached hydrogens (tertiary/aromatic N) is 3. The Morgan fingerprint density at radius 3 is 2.65 bits per heavy atom. The van der Waals surface area contributed by atoms with Gasteiger partial charge in [-0.15, -0.1) is 0 Å². The van der Waals surface area contributed by atoms with Crippen molar-refractivity contribution in [2.45, 2.75) is 37.5 Å². The standard InChI is InChI=1S/C23H27FN4O2S/c1-31-15-9-20-22(30)28(16-17-6-2-3-7-18(17)24)23(26-20)10-13-27(14-11-23)21(29)19-8-4-5-12-25-19/h2-8,12,20,26H,9-11,13-16H2,1H3. The van der Waals surface area contributed by atoms with Crippen LogP contribution in [0.25, 0.3) is 0 Å². The van der Waals surface area contributed by atoms with Gasteiger partial charge >= 0.3 is 0 Å². The molecule has 0 bridgehead atoms. The van der Waals surface area contributed by atoms with E-state index in [0.717, 1.165) is 12.2 Å². The molecule has 1 spiro atoms. The number of aromatic nitrogens is 1. The molecule has 0 saturated carbocycles. The summed E-state index contributed by atoms with van der Waals surface area (Å²) in [6, 6.07) is 11.6. The molecule has 164 valence electrons. The van der Waals surface area contributed by atoms with Crippen LogP contribution < -0.4 is 5.32 Å². The molecular formula is C23H27FN4O2S. The molecule has 1 unspecified atom stereocenters. The molecule has 2 aliphatic heterocycles. The Balaban J connectivity index is 1.53. The van der Waals surface area contributed by atoms with Crippen LogP contribution in [0.15, 0.2) is 48.7 Å². The van der Waals surface area contributed by atoms with Gasteiger partial charge in [-0.25, -0.2) is 4.39 Å². The zero-order valence-electron chi connectivity index (χ0n) is 17.6. The number of nitrogens with one attached hydrogen (secondary N) is 1. The Kier molecular flexibility index (Phi) is 6.57. The second-order valence-corrected chi connectivity index (χ2v) is 9.02. The van der Waals surface area contributed by atoms with Gasteiger partial charge in [0.15, 0.2) is 0 Å². The van der Waals surface area contributed by atoms with Crippen molar-refractivity contribution in [2.75, 3.05) is 25.1 Å². The van der Waals surface area contributed by atoms with Crippen molar-refractivity contribution >= 4 is 23.6 Å². The van der Waals surface area contributed by atoms with E-state index in [1.807, 2.05) is 6.26 Å². The predicted octanol–water partition coefficient (Wildman–Crippen LogP) is 2.91. The van der Waals surface area contributed by atoms with Crippen LogP contribution in [0.4, 0.5) is 4.39 Å². The third kappa shape index (κ3) is 4.45. The number of piperidine rings is 1. The number of carbonyl (C=O) groups excluding carboxylic acids is 2. The molecule has 4 rings (SSSR count). The lowest BCUT2D eigenvalue weighted by Crippen LogP contribution is -2.59. The van der Waals surface area contributed by atoms with Crippen molar-refractivity contribution in [3.05, 3.63) is 65.7 Å². The van der Waals surface area contributed by atoms with E-state index in [4.69, 9.17) is 0 Å². The van der Waals surface area contributed by atoms with E-state index in [2.05, 4.69) is 10.3 Å². The van der Waals surface area contributed by atoms with Crippen molar-refractivity contribution < 1.29 is 14.0 Å². The average molecular weight is 443 g/mol. The highest BCUT2D eigenvalue weighted by Gasteiger charge is 2.51. The van der Waals surface area contributed by atoms with Crippen LogP contribution in [-0.2, 0) is 11.3 Å². The lowest BCUT2D eigenvalue weighted by Gasteiger charge is -2.44. The summed E-state index contributed by atoms with van der Waals surface area (Å²) in [6.45, 7) is 1.25. The number of rotatable bonds is 6. The van der Waals surface area contributed by atoms with E-state index in [9.17, 15) is 14.0 Å². The van der Waals surface area contributed by atoms with E-state index < -0.39 is 5.66 Å². The zero-order valence-corrected chi connectivity index (χ0v) is 18.4. The van der Waals surface area contributed by atoms with Crippen molar-refractivity contribution in [2.24, 2.45) is 0 Å². The molecule has 0 aliphatic carbocycles. The summed E-state index contributed by atoms with van der Waals surface area (Å²) in [5.74, 6) is 0.485. The number of hydrogen-bond donors (Lipinski definition) is 1. The van der Waals surface area contributed by atoms with Gasteiger partial charge in [0.25, 0.3) is 5.91 Å². The second-order valence-electron chi connectivity index (χ2n) is 8.03. The fourth-order valence-corrected chi connectivity index (χ4v) is 4.94. The monoisotopic (exact) mass is 442 g/mol. The van der Waals surface area contributed by atoms with Crippen LogP contribution in [0.1, 0.15) is 35.3 Å². The number of benzene rings is 1. The summed E-state index contributed by atoms with van der Waals surface area (Å²) in [5, 5.41) is 3.57. The largest absolute Gasteiger partial charge is 0.337 e. The Labute approximate surface area is 186 Å². The molecule has 31 heavy (non-hydrogen) atoms. The minimum atomic E-state index is -0.566. The fraction of sp³-hybridized carbons (Fsp3) is 0.435. The highest BCUT2D eigenvalue weighted by atomic mass is 32.2. The van der Waals surface area contributed by atoms with Crippen LogP contribution in [0.3, 0.4) is 0 Å². The Bertz CT molecular complexity index is 934. The summed E-state index contributed by atoms with van der Waals surface area (Å²) in [5.41, 5.74) is 0.369. The van der Waals surface area contributed by atoms with Gasteiger partial charge in [0.2, 0.25) is 5.91 Å². The molecule has 6 nitrogen and oxygen atoms in total. The maximum atomic E-state index is 14.4. The highest BCUT2D eigenvalue weighted by Crippen LogP contribution is 2.35. The van der Waals surface area contributed by atoms with Crippen LogP contribution in [-0.4, -0.2) is 63.4 Å². The number of hydrogen-bond acceptors (Lipinski definition) is 5. The molecule has 1 aromatic carbocycles. The van der Waals surface area contributed by atoms with E-state index >= 15 is 0 Å². The number of amides is 2. The third-order valence-electron chi connectivity index (χ3n) is 6.18. The SMILES string of the molecule is CSCCC1NC2(CCN(C(=O)c3ccccn3)CC2)N(Cc2ccccc2F)C1=O. The molecule has 2 fully saturated rings. The van der Waals surface area contributed by atoms with Crippen LogP contribution >= 0.6 is 11.8 Å². The van der Waals surface area contributed by atoms with Gasteiger partial charge in [-0.05, 0) is 36.6 Å². The third-order valence-corrected chi connectivity index (χ3v) is 6.83. The van der Waals surface area contributed by atoms with E-state index in [-0.39, 0.29) is 30.2 Å². The van der Waals surface area contributed by atoms with Gasteiger partial charge in [0.05, 0.1) is 18.2 Å². The maximum Gasteiger partial charge on any atom is 0.272 e. The minimum absolute atomic E-state index is 0.0156. The van der Waals surface area contributed by atoms with E-state index in [1.54, 1.807) is 64.2 Å². The van der Waals surface area contributed by atoms with Crippen LogP contribution in [0, 0.1) is 5.82 Å². The number of halogens is 1. The van der Waals surface area contributed by atoms with Crippen LogP contribution in [0.2, 0.25) is 0 Å². The van der Waals surface area contributed by atoms with Crippen molar-refractivity contribution in [3.8, 4) is 0 Å². The normalized spacial score (nSPS) is 20.5. The molecule has 2 saturated heterocycles. The molecule has 2 aliphatic rings. The van der Waals surface area contributed by atoms with Gasteiger partial charge < -0.3 is 9.80 Å². The van der Waals surface area contributed by atoms with Gasteiger partial charge in [0.1, 0.15) is 11.5 Å². The molecule has 1 aromatic heterocycles. The zero-order chi connectivity index (χ0) is 21.8. The summed E-state index contributed by atoms with van der Waals surface area (Å²) >= 11 is 1.70. The first-order valence-electron chi connectivity index (χ1n) is 10.6. The molecule has 1 atom stereocenters. The first kappa shape index (κ1) is 21.8. The molecule has 2 aromatic rings. The highest BCUT2D eigenvalue weighted by molar-refractivity contribution is 7.98. The first-order valence-corrected chi connectivity index (χ1v) is 12.0. The fourth-order valence-electron chi connectivity index (χ4n) is 4.47. The Morgan fingerprint density at radius 2 is 1.97 bits per heavy atom. The molecule has 3 heterocycles. The Morgan fingerprint density at radius 1 is 1.23 bits per heavy atom. The average Bonchev–Trinajstić information content (AvgIpc) is 3.05. The summed E-state index contributed by atoms with van der Waals surface area (Å²) in [4.78, 5) is 33.8. The van der Waals surface area contributed by atoms with E-state index in [1.165, 1.54) is 6.07 Å². The van der Waals surface area contributed by atoms with E-state index in [0.29, 0.717) is 37.2 Å². The van der Waals surface area contributed by atoms with Crippen molar-refractivity contribution in [3.63, 3.8) is 0 Å². The number of pyridine rings is 1. The molecule has 2 amide bonds. The first-order chi connectivity index (χ1) is 15.0. The predicted molar refractivity (Wildman–Crippen MR) is 119 cm³/mol. The molecule has 0 radical (unpaired) electrons. The maximum absolute atomic E-state index is 14.4. The van der Waals surface area contributed by atoms with Gasteiger partial charge in [-0.2, -0.15) is 11.8 Å². The van der Waals surface area contributed by atoms with Gasteiger partial charge in [-0.3, -0.25) is 19.9 Å². The summed E-state index contributed by atoms with van der Waals surface area (Å²) < 4.78 is 14.4. The van der Waals surface area contributed by atoms with Crippen molar-refractivity contribution in [1.29, 1.82) is 0 Å². The topological polar surface area (TPSA) is 65.5 Å². The second kappa shape index (κ2) is 9.36. The number of likely N-dealkylation sites (tertiary alicyclic amines) is 1.